The first-order chi connectivity index (χ1) is 11.9. The van der Waals surface area contributed by atoms with Crippen molar-refractivity contribution < 1.29 is 14.3 Å². The van der Waals surface area contributed by atoms with Crippen molar-refractivity contribution in [3.63, 3.8) is 0 Å². The lowest BCUT2D eigenvalue weighted by molar-refractivity contribution is 0.200. The third kappa shape index (κ3) is 4.11. The van der Waals surface area contributed by atoms with Crippen LogP contribution in [0.4, 0.5) is 14.9 Å². The summed E-state index contributed by atoms with van der Waals surface area (Å²) in [5, 5.41) is 10.3. The molecule has 0 radical (unpaired) electrons. The Bertz CT molecular complexity index is 767. The quantitative estimate of drug-likeness (QED) is 0.865. The largest absolute Gasteiger partial charge is 0.465 e. The number of nitrogens with zero attached hydrogens (tertiary/aromatic N) is 2. The highest BCUT2D eigenvalue weighted by atomic mass is 35.5. The first-order valence-corrected chi connectivity index (χ1v) is 8.56. The van der Waals surface area contributed by atoms with Gasteiger partial charge in [0.2, 0.25) is 0 Å². The molecule has 3 rings (SSSR count). The molecule has 25 heavy (non-hydrogen) atoms. The highest BCUT2D eigenvalue weighted by Crippen LogP contribution is 2.33. The fraction of sp³-hybridized carbons (Fsp3) is 0.316. The van der Waals surface area contributed by atoms with E-state index in [1.165, 1.54) is 23.1 Å². The van der Waals surface area contributed by atoms with Gasteiger partial charge in [-0.2, -0.15) is 0 Å². The van der Waals surface area contributed by atoms with Crippen molar-refractivity contribution in [2.45, 2.75) is 6.42 Å². The van der Waals surface area contributed by atoms with Crippen molar-refractivity contribution in [1.82, 2.24) is 4.90 Å². The molecule has 1 amide bonds. The van der Waals surface area contributed by atoms with Crippen LogP contribution < -0.4 is 4.90 Å². The summed E-state index contributed by atoms with van der Waals surface area (Å²) in [6.07, 6.45) is -0.0750. The van der Waals surface area contributed by atoms with Gasteiger partial charge in [-0.25, -0.2) is 9.18 Å². The van der Waals surface area contributed by atoms with Gasteiger partial charge in [-0.3, -0.25) is 4.90 Å². The normalized spacial score (nSPS) is 17.6. The van der Waals surface area contributed by atoms with Crippen molar-refractivity contribution in [2.24, 2.45) is 5.92 Å². The third-order valence-electron chi connectivity index (χ3n) is 4.57. The zero-order valence-electron chi connectivity index (χ0n) is 14.0. The van der Waals surface area contributed by atoms with E-state index in [1.807, 2.05) is 7.05 Å². The first-order valence-electron chi connectivity index (χ1n) is 8.18. The number of amides is 1. The summed E-state index contributed by atoms with van der Waals surface area (Å²) in [5.41, 5.74) is 1.77. The molecule has 1 aliphatic rings. The second kappa shape index (κ2) is 7.42. The van der Waals surface area contributed by atoms with Gasteiger partial charge in [-0.1, -0.05) is 23.7 Å². The fourth-order valence-corrected chi connectivity index (χ4v) is 3.44. The molecular weight excluding hydrogens is 343 g/mol. The molecule has 0 bridgehead atoms. The van der Waals surface area contributed by atoms with Gasteiger partial charge in [0.05, 0.1) is 5.69 Å². The Hall–Kier alpha value is -2.11. The summed E-state index contributed by atoms with van der Waals surface area (Å²) in [5.74, 6) is -0.135. The van der Waals surface area contributed by atoms with E-state index in [0.717, 1.165) is 25.1 Å². The zero-order valence-corrected chi connectivity index (χ0v) is 14.7. The molecule has 1 heterocycles. The molecule has 4 nitrogen and oxygen atoms in total. The van der Waals surface area contributed by atoms with Crippen LogP contribution in [0.25, 0.3) is 11.1 Å². The minimum absolute atomic E-state index is 0.268. The van der Waals surface area contributed by atoms with Crippen molar-refractivity contribution in [3.8, 4) is 11.1 Å². The predicted octanol–water partition coefficient (Wildman–Crippen LogP) is 4.58. The fourth-order valence-electron chi connectivity index (χ4n) is 3.32. The van der Waals surface area contributed by atoms with Crippen LogP contribution in [-0.2, 0) is 0 Å². The number of rotatable bonds is 4. The number of halogens is 2. The number of likely N-dealkylation sites (tertiary alicyclic amines) is 1. The van der Waals surface area contributed by atoms with Crippen molar-refractivity contribution >= 4 is 23.4 Å². The average Bonchev–Trinajstić information content (AvgIpc) is 2.98. The van der Waals surface area contributed by atoms with Gasteiger partial charge in [0.15, 0.2) is 0 Å². The van der Waals surface area contributed by atoms with E-state index in [-0.39, 0.29) is 5.92 Å². The third-order valence-corrected chi connectivity index (χ3v) is 4.82. The second-order valence-electron chi connectivity index (χ2n) is 6.48. The van der Waals surface area contributed by atoms with Gasteiger partial charge in [-0.05, 0) is 61.8 Å². The molecule has 1 N–H and O–H groups in total. The van der Waals surface area contributed by atoms with E-state index in [1.54, 1.807) is 24.3 Å². The first kappa shape index (κ1) is 17.7. The number of hydrogen-bond donors (Lipinski definition) is 1. The lowest BCUT2D eigenvalue weighted by Crippen LogP contribution is -2.35. The van der Waals surface area contributed by atoms with Crippen LogP contribution in [0.5, 0.6) is 0 Å². The van der Waals surface area contributed by atoms with Gasteiger partial charge in [0, 0.05) is 23.7 Å². The number of benzene rings is 2. The molecule has 1 atom stereocenters. The van der Waals surface area contributed by atoms with Crippen molar-refractivity contribution in [2.75, 3.05) is 31.6 Å². The molecule has 0 saturated carbocycles. The van der Waals surface area contributed by atoms with Gasteiger partial charge in [0.25, 0.3) is 0 Å². The van der Waals surface area contributed by atoms with Gasteiger partial charge in [0.1, 0.15) is 5.82 Å². The monoisotopic (exact) mass is 362 g/mol. The Morgan fingerprint density at radius 2 is 2.04 bits per heavy atom. The standard InChI is InChI=1S/C19H20ClFN2O2/c1-22-9-8-13(11-22)12-23(19(24)25)18-7-6-16(21)10-17(18)14-2-4-15(20)5-3-14/h2-7,10,13H,8-9,11-12H2,1H3,(H,24,25)/t13-/m0/s1. The minimum atomic E-state index is -1.03. The number of carboxylic acid groups (broad SMARTS) is 1. The van der Waals surface area contributed by atoms with Crippen LogP contribution in [0.2, 0.25) is 5.02 Å². The number of carbonyl (C=O) groups is 1. The van der Waals surface area contributed by atoms with E-state index >= 15 is 0 Å². The van der Waals surface area contributed by atoms with E-state index in [2.05, 4.69) is 4.90 Å². The lowest BCUT2D eigenvalue weighted by atomic mass is 10.0. The molecule has 2 aromatic rings. The molecule has 0 unspecified atom stereocenters. The molecule has 0 aromatic heterocycles. The minimum Gasteiger partial charge on any atom is -0.465 e. The van der Waals surface area contributed by atoms with Crippen molar-refractivity contribution in [1.29, 1.82) is 0 Å². The van der Waals surface area contributed by atoms with Gasteiger partial charge < -0.3 is 10.0 Å². The second-order valence-corrected chi connectivity index (χ2v) is 6.91. The molecule has 1 saturated heterocycles. The topological polar surface area (TPSA) is 43.8 Å². The van der Waals surface area contributed by atoms with E-state index in [4.69, 9.17) is 11.6 Å². The van der Waals surface area contributed by atoms with Crippen LogP contribution in [0.15, 0.2) is 42.5 Å². The summed E-state index contributed by atoms with van der Waals surface area (Å²) in [6.45, 7) is 2.22. The summed E-state index contributed by atoms with van der Waals surface area (Å²) >= 11 is 5.93. The Morgan fingerprint density at radius 1 is 1.32 bits per heavy atom. The molecule has 1 aliphatic heterocycles. The van der Waals surface area contributed by atoms with Crippen LogP contribution in [0, 0.1) is 11.7 Å². The summed E-state index contributed by atoms with van der Waals surface area (Å²) in [7, 11) is 2.03. The predicted molar refractivity (Wildman–Crippen MR) is 97.8 cm³/mol. The maximum atomic E-state index is 13.8. The van der Waals surface area contributed by atoms with Crippen LogP contribution in [0.3, 0.4) is 0 Å². The maximum Gasteiger partial charge on any atom is 0.411 e. The molecular formula is C19H20ClFN2O2. The lowest BCUT2D eigenvalue weighted by Gasteiger charge is -2.25. The zero-order chi connectivity index (χ0) is 18.0. The Kier molecular flexibility index (Phi) is 5.25. The molecule has 6 heteroatoms. The van der Waals surface area contributed by atoms with Crippen LogP contribution >= 0.6 is 11.6 Å². The maximum absolute atomic E-state index is 13.8. The smallest absolute Gasteiger partial charge is 0.411 e. The van der Waals surface area contributed by atoms with E-state index < -0.39 is 11.9 Å². The highest BCUT2D eigenvalue weighted by molar-refractivity contribution is 6.30. The highest BCUT2D eigenvalue weighted by Gasteiger charge is 2.27. The van der Waals surface area contributed by atoms with Gasteiger partial charge >= 0.3 is 6.09 Å². The Morgan fingerprint density at radius 3 is 2.64 bits per heavy atom. The number of anilines is 1. The molecule has 0 aliphatic carbocycles. The van der Waals surface area contributed by atoms with E-state index in [0.29, 0.717) is 22.8 Å². The molecule has 1 fully saturated rings. The van der Waals surface area contributed by atoms with E-state index in [9.17, 15) is 14.3 Å². The molecule has 2 aromatic carbocycles. The molecule has 132 valence electrons. The van der Waals surface area contributed by atoms with Gasteiger partial charge in [-0.15, -0.1) is 0 Å². The summed E-state index contributed by atoms with van der Waals surface area (Å²) in [4.78, 5) is 15.4. The Labute approximate surface area is 151 Å². The summed E-state index contributed by atoms with van der Waals surface area (Å²) in [6, 6.07) is 11.2. The summed E-state index contributed by atoms with van der Waals surface area (Å²) < 4.78 is 13.8. The SMILES string of the molecule is CN1CC[C@H](CN(C(=O)O)c2ccc(F)cc2-c2ccc(Cl)cc2)C1. The average molecular weight is 363 g/mol. The van der Waals surface area contributed by atoms with Crippen LogP contribution in [0.1, 0.15) is 6.42 Å². The van der Waals surface area contributed by atoms with Crippen LogP contribution in [-0.4, -0.2) is 42.8 Å². The van der Waals surface area contributed by atoms with Crippen molar-refractivity contribution in [3.05, 3.63) is 53.3 Å². The number of hydrogen-bond acceptors (Lipinski definition) is 2. The Balaban J connectivity index is 1.98. The molecule has 0 spiro atoms.